The van der Waals surface area contributed by atoms with Crippen LogP contribution < -0.4 is 5.73 Å². The third-order valence-corrected chi connectivity index (χ3v) is 3.99. The smallest absolute Gasteiger partial charge is 0.306 e. The van der Waals surface area contributed by atoms with Gasteiger partial charge in [-0.2, -0.15) is 0 Å². The molecule has 2 N–H and O–H groups in total. The number of aryl methyl sites for hydroxylation is 1. The fourth-order valence-corrected chi connectivity index (χ4v) is 2.10. The average Bonchev–Trinajstić information content (AvgIpc) is 2.31. The van der Waals surface area contributed by atoms with E-state index in [1.807, 2.05) is 0 Å². The van der Waals surface area contributed by atoms with Gasteiger partial charge in [-0.3, -0.25) is 4.79 Å². The molecule has 112 valence electrons. The van der Waals surface area contributed by atoms with Gasteiger partial charge in [0.15, 0.2) is 0 Å². The lowest BCUT2D eigenvalue weighted by Crippen LogP contribution is -2.53. The number of methoxy groups -OCH3 is 1. The Morgan fingerprint density at radius 1 is 1.25 bits per heavy atom. The van der Waals surface area contributed by atoms with Crippen molar-refractivity contribution in [1.29, 1.82) is 0 Å². The zero-order valence-electron chi connectivity index (χ0n) is 12.5. The summed E-state index contributed by atoms with van der Waals surface area (Å²) in [7, 11) is 1.25. The first-order valence-electron chi connectivity index (χ1n) is 6.34. The number of carbonyl (C=O) groups excluding carboxylic acids is 1. The predicted molar refractivity (Wildman–Crippen MR) is 73.3 cm³/mol. The lowest BCUT2D eigenvalue weighted by atomic mass is 9.66. The van der Waals surface area contributed by atoms with Gasteiger partial charge in [0.25, 0.3) is 0 Å². The number of benzene rings is 1. The van der Waals surface area contributed by atoms with Gasteiger partial charge in [-0.15, -0.1) is 0 Å². The van der Waals surface area contributed by atoms with Crippen LogP contribution in [-0.4, -0.2) is 18.6 Å². The Morgan fingerprint density at radius 3 is 2.25 bits per heavy atom. The van der Waals surface area contributed by atoms with Gasteiger partial charge in [-0.25, -0.2) is 8.78 Å². The van der Waals surface area contributed by atoms with Crippen LogP contribution in [-0.2, 0) is 14.9 Å². The van der Waals surface area contributed by atoms with Crippen LogP contribution in [0.3, 0.4) is 0 Å². The number of hydrogen-bond acceptors (Lipinski definition) is 3. The van der Waals surface area contributed by atoms with Gasteiger partial charge in [0.1, 0.15) is 11.6 Å². The number of hydrogen-bond donors (Lipinski definition) is 1. The van der Waals surface area contributed by atoms with Gasteiger partial charge in [0.2, 0.25) is 0 Å². The standard InChI is InChI=1S/C15H21F2NO2/c1-9-6-12(17)10(7-11(9)16)15(4,14(2,3)18)8-13(19)20-5/h6-7H,8,18H2,1-5H3. The Kier molecular flexibility index (Phi) is 4.54. The van der Waals surface area contributed by atoms with E-state index < -0.39 is 28.6 Å². The van der Waals surface area contributed by atoms with Gasteiger partial charge >= 0.3 is 5.97 Å². The van der Waals surface area contributed by atoms with E-state index in [-0.39, 0.29) is 17.5 Å². The maximum atomic E-state index is 14.2. The molecule has 0 saturated heterocycles. The summed E-state index contributed by atoms with van der Waals surface area (Å²) in [4.78, 5) is 11.6. The topological polar surface area (TPSA) is 52.3 Å². The molecule has 0 aliphatic heterocycles. The lowest BCUT2D eigenvalue weighted by molar-refractivity contribution is -0.142. The molecular formula is C15H21F2NO2. The first-order chi connectivity index (χ1) is 9.02. The van der Waals surface area contributed by atoms with E-state index in [0.29, 0.717) is 0 Å². The fourth-order valence-electron chi connectivity index (χ4n) is 2.10. The molecule has 1 aromatic carbocycles. The molecule has 0 bridgehead atoms. The molecule has 0 saturated carbocycles. The van der Waals surface area contributed by atoms with E-state index in [1.165, 1.54) is 14.0 Å². The minimum Gasteiger partial charge on any atom is -0.469 e. The van der Waals surface area contributed by atoms with E-state index in [0.717, 1.165) is 12.1 Å². The van der Waals surface area contributed by atoms with E-state index in [2.05, 4.69) is 4.74 Å². The molecule has 0 heterocycles. The van der Waals surface area contributed by atoms with Crippen molar-refractivity contribution in [2.45, 2.75) is 45.1 Å². The van der Waals surface area contributed by atoms with E-state index >= 15 is 0 Å². The maximum Gasteiger partial charge on any atom is 0.306 e. The van der Waals surface area contributed by atoms with Crippen LogP contribution in [0.1, 0.15) is 38.3 Å². The van der Waals surface area contributed by atoms with Crippen LogP contribution in [0.15, 0.2) is 12.1 Å². The van der Waals surface area contributed by atoms with Crippen LogP contribution in [0.2, 0.25) is 0 Å². The summed E-state index contributed by atoms with van der Waals surface area (Å²) >= 11 is 0. The summed E-state index contributed by atoms with van der Waals surface area (Å²) in [6.07, 6.45) is -0.133. The summed E-state index contributed by atoms with van der Waals surface area (Å²) < 4.78 is 32.7. The molecule has 1 rings (SSSR count). The number of rotatable bonds is 4. The largest absolute Gasteiger partial charge is 0.469 e. The van der Waals surface area contributed by atoms with Gasteiger partial charge in [0, 0.05) is 11.0 Å². The lowest BCUT2D eigenvalue weighted by Gasteiger charge is -2.41. The van der Waals surface area contributed by atoms with Crippen LogP contribution in [0.25, 0.3) is 0 Å². The quantitative estimate of drug-likeness (QED) is 0.865. The van der Waals surface area contributed by atoms with Crippen molar-refractivity contribution in [2.75, 3.05) is 7.11 Å². The first kappa shape index (κ1) is 16.6. The number of esters is 1. The molecular weight excluding hydrogens is 264 g/mol. The summed E-state index contributed by atoms with van der Waals surface area (Å²) in [5.41, 5.74) is 4.38. The average molecular weight is 285 g/mol. The monoisotopic (exact) mass is 285 g/mol. The Bertz CT molecular complexity index is 523. The second-order valence-corrected chi connectivity index (χ2v) is 5.89. The molecule has 0 spiro atoms. The zero-order valence-corrected chi connectivity index (χ0v) is 12.5. The molecule has 0 aromatic heterocycles. The third kappa shape index (κ3) is 2.98. The highest BCUT2D eigenvalue weighted by Gasteiger charge is 2.44. The van der Waals surface area contributed by atoms with E-state index in [1.54, 1.807) is 20.8 Å². The van der Waals surface area contributed by atoms with Crippen molar-refractivity contribution < 1.29 is 18.3 Å². The summed E-state index contributed by atoms with van der Waals surface area (Å²) in [5.74, 6) is -1.62. The van der Waals surface area contributed by atoms with Crippen molar-refractivity contribution in [1.82, 2.24) is 0 Å². The molecule has 5 heteroatoms. The molecule has 0 amide bonds. The van der Waals surface area contributed by atoms with Gasteiger partial charge in [-0.1, -0.05) is 6.92 Å². The minimum atomic E-state index is -1.08. The van der Waals surface area contributed by atoms with Crippen LogP contribution >= 0.6 is 0 Å². The SMILES string of the molecule is COC(=O)CC(C)(c1cc(F)c(C)cc1F)C(C)(C)N. The van der Waals surface area contributed by atoms with Crippen LogP contribution in [0, 0.1) is 18.6 Å². The fraction of sp³-hybridized carbons (Fsp3) is 0.533. The Balaban J connectivity index is 3.46. The first-order valence-corrected chi connectivity index (χ1v) is 6.34. The Hall–Kier alpha value is -1.49. The van der Waals surface area contributed by atoms with Gasteiger partial charge in [0.05, 0.1) is 13.5 Å². The number of ether oxygens (including phenoxy) is 1. The van der Waals surface area contributed by atoms with Crippen LogP contribution in [0.4, 0.5) is 8.78 Å². The van der Waals surface area contributed by atoms with Crippen molar-refractivity contribution in [3.8, 4) is 0 Å². The van der Waals surface area contributed by atoms with Crippen molar-refractivity contribution in [3.63, 3.8) is 0 Å². The minimum absolute atomic E-state index is 0.0819. The summed E-state index contributed by atoms with van der Waals surface area (Å²) in [5, 5.41) is 0. The molecule has 0 fully saturated rings. The van der Waals surface area contributed by atoms with E-state index in [9.17, 15) is 13.6 Å². The van der Waals surface area contributed by atoms with Crippen molar-refractivity contribution in [2.24, 2.45) is 5.73 Å². The van der Waals surface area contributed by atoms with Gasteiger partial charge < -0.3 is 10.5 Å². The highest BCUT2D eigenvalue weighted by Crippen LogP contribution is 2.39. The molecule has 0 aliphatic carbocycles. The maximum absolute atomic E-state index is 14.2. The highest BCUT2D eigenvalue weighted by atomic mass is 19.1. The normalized spacial score (nSPS) is 14.8. The molecule has 1 atom stereocenters. The summed E-state index contributed by atoms with van der Waals surface area (Å²) in [6, 6.07) is 2.23. The van der Waals surface area contributed by atoms with Crippen molar-refractivity contribution in [3.05, 3.63) is 34.9 Å². The van der Waals surface area contributed by atoms with Crippen molar-refractivity contribution >= 4 is 5.97 Å². The molecule has 3 nitrogen and oxygen atoms in total. The predicted octanol–water partition coefficient (Wildman–Crippen LogP) is 2.83. The highest BCUT2D eigenvalue weighted by molar-refractivity contribution is 5.71. The third-order valence-electron chi connectivity index (χ3n) is 3.99. The molecule has 1 aromatic rings. The number of carbonyl (C=O) groups is 1. The second-order valence-electron chi connectivity index (χ2n) is 5.89. The summed E-state index contributed by atoms with van der Waals surface area (Å²) in [6.45, 7) is 6.46. The molecule has 1 unspecified atom stereocenters. The zero-order chi connectivity index (χ0) is 15.7. The molecule has 20 heavy (non-hydrogen) atoms. The molecule has 0 aliphatic rings. The number of nitrogens with two attached hydrogens (primary N) is 1. The van der Waals surface area contributed by atoms with Crippen LogP contribution in [0.5, 0.6) is 0 Å². The second kappa shape index (κ2) is 5.48. The Morgan fingerprint density at radius 2 is 1.80 bits per heavy atom. The van der Waals surface area contributed by atoms with Gasteiger partial charge in [-0.05, 0) is 44.0 Å². The molecule has 0 radical (unpaired) electrons. The van der Waals surface area contributed by atoms with E-state index in [4.69, 9.17) is 5.73 Å². The number of halogens is 2. The Labute approximate surface area is 118 Å².